The van der Waals surface area contributed by atoms with Gasteiger partial charge in [0.15, 0.2) is 10.9 Å². The molecule has 5 nitrogen and oxygen atoms in total. The Hall–Kier alpha value is -2.51. The van der Waals surface area contributed by atoms with Crippen LogP contribution in [-0.2, 0) is 4.79 Å². The number of Topliss-reactive ketones (excluding diaryl/α,β-unsaturated/α-hetero) is 1. The van der Waals surface area contributed by atoms with E-state index >= 15 is 0 Å². The lowest BCUT2D eigenvalue weighted by atomic mass is 9.73. The zero-order chi connectivity index (χ0) is 20.9. The number of hydrogen-bond acceptors (Lipinski definition) is 6. The number of hydrogen-bond donors (Lipinski definition) is 2. The van der Waals surface area contributed by atoms with E-state index in [4.69, 9.17) is 4.99 Å². The van der Waals surface area contributed by atoms with E-state index in [0.29, 0.717) is 12.4 Å². The van der Waals surface area contributed by atoms with Crippen molar-refractivity contribution in [3.63, 3.8) is 0 Å². The Labute approximate surface area is 187 Å². The van der Waals surface area contributed by atoms with Crippen molar-refractivity contribution in [2.45, 2.75) is 32.7 Å². The topological polar surface area (TPSA) is 66.4 Å². The molecule has 7 heteroatoms. The maximum atomic E-state index is 13.1. The lowest BCUT2D eigenvalue weighted by Crippen LogP contribution is -2.41. The minimum absolute atomic E-state index is 0.0803. The van der Waals surface area contributed by atoms with Crippen LogP contribution in [0.5, 0.6) is 0 Å². The number of aliphatic imine (C=N–C) groups is 1. The maximum Gasteiger partial charge on any atom is 0.202 e. The largest absolute Gasteiger partial charge is 0.329 e. The van der Waals surface area contributed by atoms with Gasteiger partial charge in [0.1, 0.15) is 6.04 Å². The van der Waals surface area contributed by atoms with Crippen LogP contribution in [0, 0.1) is 5.41 Å². The molecular weight excluding hydrogens is 460 g/mol. The van der Waals surface area contributed by atoms with Crippen LogP contribution in [0.2, 0.25) is 0 Å². The van der Waals surface area contributed by atoms with Gasteiger partial charge in [0.2, 0.25) is 5.96 Å². The van der Waals surface area contributed by atoms with Gasteiger partial charge in [0.25, 0.3) is 0 Å². The monoisotopic (exact) mass is 480 g/mol. The van der Waals surface area contributed by atoms with Crippen molar-refractivity contribution in [3.05, 3.63) is 69.8 Å². The summed E-state index contributed by atoms with van der Waals surface area (Å²) in [4.78, 5) is 22.7. The first-order valence-electron chi connectivity index (χ1n) is 9.87. The zero-order valence-corrected chi connectivity index (χ0v) is 19.1. The highest BCUT2D eigenvalue weighted by molar-refractivity contribution is 9.10. The number of nitrogens with zero attached hydrogens (tertiary/aromatic N) is 2. The van der Waals surface area contributed by atoms with Crippen LogP contribution in [0.4, 0.5) is 5.13 Å². The molecule has 0 saturated carbocycles. The number of halogens is 1. The predicted octanol–water partition coefficient (Wildman–Crippen LogP) is 5.81. The summed E-state index contributed by atoms with van der Waals surface area (Å²) in [7, 11) is 0. The average molecular weight is 481 g/mol. The molecule has 2 N–H and O–H groups in total. The van der Waals surface area contributed by atoms with Crippen molar-refractivity contribution in [1.82, 2.24) is 10.3 Å². The highest BCUT2D eigenvalue weighted by Gasteiger charge is 2.39. The van der Waals surface area contributed by atoms with Gasteiger partial charge in [-0.3, -0.25) is 4.79 Å². The molecule has 0 fully saturated rings. The maximum absolute atomic E-state index is 13.1. The van der Waals surface area contributed by atoms with Gasteiger partial charge in [-0.15, -0.1) is 0 Å². The molecular formula is C23H21BrN4OS. The van der Waals surface area contributed by atoms with Crippen LogP contribution < -0.4 is 10.6 Å². The van der Waals surface area contributed by atoms with E-state index in [0.717, 1.165) is 43.1 Å². The Morgan fingerprint density at radius 2 is 2.00 bits per heavy atom. The standard InChI is InChI=1S/C23H21BrN4OS/c1-23(2)11-16-19(17(29)12-23)20(13-6-5-7-14(24)10-13)27-21(25-16)28-22-26-15-8-3-4-9-18(15)30-22/h3-10,20H,11-12H2,1-2H3,(H2,25,26,27,28). The number of thiazole rings is 1. The fourth-order valence-corrected chi connectivity index (χ4v) is 5.42. The lowest BCUT2D eigenvalue weighted by molar-refractivity contribution is -0.118. The summed E-state index contributed by atoms with van der Waals surface area (Å²) in [6, 6.07) is 15.7. The van der Waals surface area contributed by atoms with Crippen LogP contribution in [0.3, 0.4) is 0 Å². The van der Waals surface area contributed by atoms with E-state index in [9.17, 15) is 4.79 Å². The third-order valence-electron chi connectivity index (χ3n) is 5.40. The van der Waals surface area contributed by atoms with Crippen LogP contribution in [-0.4, -0.2) is 16.7 Å². The number of rotatable bonds is 2. The number of guanidine groups is 1. The molecule has 1 unspecified atom stereocenters. The molecule has 1 aliphatic heterocycles. The molecule has 152 valence electrons. The molecule has 0 amide bonds. The number of benzene rings is 2. The number of ketones is 1. The Kier molecular flexibility index (Phi) is 4.75. The number of carbonyl (C=O) groups excluding carboxylic acids is 1. The molecule has 0 spiro atoms. The van der Waals surface area contributed by atoms with E-state index in [1.807, 2.05) is 42.5 Å². The fraction of sp³-hybridized carbons (Fsp3) is 0.261. The molecule has 5 rings (SSSR count). The molecule has 1 aliphatic carbocycles. The first-order valence-corrected chi connectivity index (χ1v) is 11.5. The molecule has 30 heavy (non-hydrogen) atoms. The van der Waals surface area contributed by atoms with E-state index < -0.39 is 0 Å². The number of anilines is 1. The minimum Gasteiger partial charge on any atom is -0.329 e. The zero-order valence-electron chi connectivity index (χ0n) is 16.7. The van der Waals surface area contributed by atoms with Gasteiger partial charge in [0, 0.05) is 22.2 Å². The average Bonchev–Trinajstić information content (AvgIpc) is 3.08. The first-order chi connectivity index (χ1) is 14.4. The number of nitrogens with one attached hydrogen (secondary N) is 2. The van der Waals surface area contributed by atoms with Crippen molar-refractivity contribution >= 4 is 54.4 Å². The Morgan fingerprint density at radius 3 is 2.80 bits per heavy atom. The molecule has 3 aromatic rings. The van der Waals surface area contributed by atoms with Gasteiger partial charge in [0.05, 0.1) is 10.2 Å². The van der Waals surface area contributed by atoms with Gasteiger partial charge >= 0.3 is 0 Å². The molecule has 0 radical (unpaired) electrons. The lowest BCUT2D eigenvalue weighted by Gasteiger charge is -2.37. The Bertz CT molecular complexity index is 1190. The molecule has 0 saturated heterocycles. The normalized spacial score (nSPS) is 20.6. The van der Waals surface area contributed by atoms with Gasteiger partial charge in [-0.05, 0) is 41.7 Å². The summed E-state index contributed by atoms with van der Waals surface area (Å²) >= 11 is 5.14. The highest BCUT2D eigenvalue weighted by atomic mass is 79.9. The van der Waals surface area contributed by atoms with Crippen LogP contribution in [0.15, 0.2) is 69.3 Å². The third-order valence-corrected chi connectivity index (χ3v) is 6.85. The van der Waals surface area contributed by atoms with Crippen molar-refractivity contribution < 1.29 is 4.79 Å². The predicted molar refractivity (Wildman–Crippen MR) is 126 cm³/mol. The smallest absolute Gasteiger partial charge is 0.202 e. The van der Waals surface area contributed by atoms with Gasteiger partial charge in [-0.1, -0.05) is 65.4 Å². The van der Waals surface area contributed by atoms with Crippen molar-refractivity contribution in [1.29, 1.82) is 0 Å². The van der Waals surface area contributed by atoms with E-state index in [1.54, 1.807) is 11.3 Å². The third kappa shape index (κ3) is 3.68. The highest BCUT2D eigenvalue weighted by Crippen LogP contribution is 2.43. The van der Waals surface area contributed by atoms with Crippen LogP contribution in [0.1, 0.15) is 38.3 Å². The second-order valence-corrected chi connectivity index (χ2v) is 10.5. The fourth-order valence-electron chi connectivity index (χ4n) is 4.14. The van der Waals surface area contributed by atoms with Gasteiger partial charge in [-0.25, -0.2) is 9.98 Å². The van der Waals surface area contributed by atoms with Crippen molar-refractivity contribution in [2.24, 2.45) is 10.4 Å². The van der Waals surface area contributed by atoms with Crippen molar-refractivity contribution in [3.8, 4) is 0 Å². The molecule has 1 aromatic heterocycles. The molecule has 2 aliphatic rings. The first kappa shape index (κ1) is 19.5. The van der Waals surface area contributed by atoms with Crippen molar-refractivity contribution in [2.75, 3.05) is 5.32 Å². The number of fused-ring (bicyclic) bond motifs is 1. The number of carbonyl (C=O) groups is 1. The quantitative estimate of drug-likeness (QED) is 0.485. The summed E-state index contributed by atoms with van der Waals surface area (Å²) in [6.45, 7) is 4.27. The number of aromatic nitrogens is 1. The molecule has 1 atom stereocenters. The van der Waals surface area contributed by atoms with E-state index in [-0.39, 0.29) is 17.2 Å². The number of allylic oxidation sites excluding steroid dienone is 1. The second-order valence-electron chi connectivity index (χ2n) is 8.51. The molecule has 2 aromatic carbocycles. The summed E-state index contributed by atoms with van der Waals surface area (Å²) in [5, 5.41) is 7.53. The molecule has 2 heterocycles. The Balaban J connectivity index is 1.55. The Morgan fingerprint density at radius 1 is 1.17 bits per heavy atom. The van der Waals surface area contributed by atoms with Crippen LogP contribution >= 0.6 is 27.3 Å². The van der Waals surface area contributed by atoms with Gasteiger partial charge < -0.3 is 10.6 Å². The summed E-state index contributed by atoms with van der Waals surface area (Å²) in [6.07, 6.45) is 1.34. The second kappa shape index (κ2) is 7.32. The number of para-hydroxylation sites is 1. The minimum atomic E-state index is -0.334. The summed E-state index contributed by atoms with van der Waals surface area (Å²) in [5.41, 5.74) is 3.61. The van der Waals surface area contributed by atoms with E-state index in [2.05, 4.69) is 51.5 Å². The SMILES string of the molecule is CC1(C)CC(=O)C2=C(C1)NC(Nc1nc3ccccc3s1)=NC2c1cccc(Br)c1. The van der Waals surface area contributed by atoms with Gasteiger partial charge in [-0.2, -0.15) is 0 Å². The van der Waals surface area contributed by atoms with Crippen LogP contribution in [0.25, 0.3) is 10.2 Å². The summed E-state index contributed by atoms with van der Waals surface area (Å²) < 4.78 is 2.09. The summed E-state index contributed by atoms with van der Waals surface area (Å²) in [5.74, 6) is 0.796. The van der Waals surface area contributed by atoms with E-state index in [1.165, 1.54) is 0 Å². The molecule has 0 bridgehead atoms.